The van der Waals surface area contributed by atoms with Gasteiger partial charge in [0.25, 0.3) is 0 Å². The average molecular weight is 342 g/mol. The van der Waals surface area contributed by atoms with Crippen LogP contribution >= 0.6 is 58.0 Å². The molecule has 2 aromatic rings. The fourth-order valence-electron chi connectivity index (χ4n) is 1.29. The van der Waals surface area contributed by atoms with Gasteiger partial charge in [-0.05, 0) is 24.3 Å². The summed E-state index contributed by atoms with van der Waals surface area (Å²) in [4.78, 5) is 0. The minimum Gasteiger partial charge on any atom is -0.454 e. The molecular formula is C12H5Cl5O. The van der Waals surface area contributed by atoms with Crippen molar-refractivity contribution in [2.24, 2.45) is 0 Å². The molecule has 6 heteroatoms. The standard InChI is InChI=1S/C12H5Cl5O/c13-6-2-1-3-7(4-6)18-12-9(15)5-8(14)10(16)11(12)17/h1-5H. The third kappa shape index (κ3) is 2.98. The number of benzene rings is 2. The van der Waals surface area contributed by atoms with Crippen LogP contribution in [0.5, 0.6) is 11.5 Å². The van der Waals surface area contributed by atoms with E-state index >= 15 is 0 Å². The van der Waals surface area contributed by atoms with Crippen molar-refractivity contribution < 1.29 is 4.74 Å². The highest BCUT2D eigenvalue weighted by molar-refractivity contribution is 6.50. The molecule has 0 unspecified atom stereocenters. The zero-order chi connectivity index (χ0) is 13.3. The molecule has 0 aliphatic heterocycles. The highest BCUT2D eigenvalue weighted by Gasteiger charge is 2.15. The Morgan fingerprint density at radius 3 is 2.17 bits per heavy atom. The van der Waals surface area contributed by atoms with Crippen LogP contribution in [0, 0.1) is 0 Å². The molecular weight excluding hydrogens is 337 g/mol. The lowest BCUT2D eigenvalue weighted by Crippen LogP contribution is -1.88. The van der Waals surface area contributed by atoms with Crippen molar-refractivity contribution in [2.45, 2.75) is 0 Å². The van der Waals surface area contributed by atoms with Crippen LogP contribution in [0.4, 0.5) is 0 Å². The number of rotatable bonds is 2. The maximum atomic E-state index is 6.03. The number of hydrogen-bond acceptors (Lipinski definition) is 1. The zero-order valence-corrected chi connectivity index (χ0v) is 12.5. The van der Waals surface area contributed by atoms with Crippen LogP contribution in [-0.2, 0) is 0 Å². The summed E-state index contributed by atoms with van der Waals surface area (Å²) in [7, 11) is 0. The van der Waals surface area contributed by atoms with Gasteiger partial charge in [0.15, 0.2) is 5.75 Å². The first-order valence-electron chi connectivity index (χ1n) is 4.75. The minimum absolute atomic E-state index is 0.161. The Hall–Kier alpha value is -0.310. The summed E-state index contributed by atoms with van der Waals surface area (Å²) >= 11 is 29.7. The van der Waals surface area contributed by atoms with E-state index in [9.17, 15) is 0 Å². The molecule has 0 spiro atoms. The van der Waals surface area contributed by atoms with E-state index in [1.165, 1.54) is 6.07 Å². The maximum absolute atomic E-state index is 6.03. The summed E-state index contributed by atoms with van der Waals surface area (Å²) in [6.07, 6.45) is 0. The normalized spacial score (nSPS) is 10.5. The van der Waals surface area contributed by atoms with E-state index in [1.807, 2.05) is 0 Å². The molecule has 0 fully saturated rings. The van der Waals surface area contributed by atoms with Crippen LogP contribution in [0.3, 0.4) is 0 Å². The van der Waals surface area contributed by atoms with Gasteiger partial charge in [-0.3, -0.25) is 0 Å². The van der Waals surface area contributed by atoms with Gasteiger partial charge in [-0.1, -0.05) is 64.1 Å². The van der Waals surface area contributed by atoms with Crippen LogP contribution in [-0.4, -0.2) is 0 Å². The lowest BCUT2D eigenvalue weighted by molar-refractivity contribution is 0.483. The summed E-state index contributed by atoms with van der Waals surface area (Å²) in [5.74, 6) is 0.750. The first-order valence-corrected chi connectivity index (χ1v) is 6.64. The molecule has 0 saturated carbocycles. The Morgan fingerprint density at radius 2 is 1.50 bits per heavy atom. The second-order valence-electron chi connectivity index (χ2n) is 3.36. The van der Waals surface area contributed by atoms with Gasteiger partial charge in [-0.2, -0.15) is 0 Å². The van der Waals surface area contributed by atoms with Crippen molar-refractivity contribution in [1.29, 1.82) is 0 Å². The van der Waals surface area contributed by atoms with Gasteiger partial charge in [0.2, 0.25) is 0 Å². The van der Waals surface area contributed by atoms with Crippen molar-refractivity contribution in [2.75, 3.05) is 0 Å². The van der Waals surface area contributed by atoms with E-state index in [1.54, 1.807) is 24.3 Å². The molecule has 2 aromatic carbocycles. The summed E-state index contributed by atoms with van der Waals surface area (Å²) in [5.41, 5.74) is 0. The highest BCUT2D eigenvalue weighted by Crippen LogP contribution is 2.44. The van der Waals surface area contributed by atoms with E-state index in [2.05, 4.69) is 0 Å². The van der Waals surface area contributed by atoms with Gasteiger partial charge >= 0.3 is 0 Å². The second-order valence-corrected chi connectivity index (χ2v) is 5.36. The van der Waals surface area contributed by atoms with Crippen molar-refractivity contribution in [3.63, 3.8) is 0 Å². The number of hydrogen-bond donors (Lipinski definition) is 0. The number of ether oxygens (including phenoxy) is 1. The van der Waals surface area contributed by atoms with Crippen LogP contribution < -0.4 is 4.74 Å². The van der Waals surface area contributed by atoms with Gasteiger partial charge in [0.05, 0.1) is 15.1 Å². The topological polar surface area (TPSA) is 9.23 Å². The van der Waals surface area contributed by atoms with E-state index in [-0.39, 0.29) is 25.8 Å². The lowest BCUT2D eigenvalue weighted by atomic mass is 10.3. The molecule has 0 N–H and O–H groups in total. The molecule has 94 valence electrons. The van der Waals surface area contributed by atoms with Crippen LogP contribution in [0.2, 0.25) is 25.1 Å². The fourth-order valence-corrected chi connectivity index (χ4v) is 2.45. The Labute approximate surface area is 129 Å². The maximum Gasteiger partial charge on any atom is 0.166 e. The van der Waals surface area contributed by atoms with E-state index in [0.717, 1.165) is 0 Å². The SMILES string of the molecule is Clc1cccc(Oc2c(Cl)cc(Cl)c(Cl)c2Cl)c1. The largest absolute Gasteiger partial charge is 0.454 e. The second kappa shape index (κ2) is 5.77. The van der Waals surface area contributed by atoms with E-state index < -0.39 is 0 Å². The Kier molecular flexibility index (Phi) is 4.52. The predicted molar refractivity (Wildman–Crippen MR) is 78.0 cm³/mol. The Morgan fingerprint density at radius 1 is 0.778 bits per heavy atom. The molecule has 0 heterocycles. The monoisotopic (exact) mass is 340 g/mol. The quantitative estimate of drug-likeness (QED) is 0.433. The molecule has 18 heavy (non-hydrogen) atoms. The highest BCUT2D eigenvalue weighted by atomic mass is 35.5. The molecule has 0 amide bonds. The van der Waals surface area contributed by atoms with E-state index in [0.29, 0.717) is 10.8 Å². The smallest absolute Gasteiger partial charge is 0.166 e. The number of halogens is 5. The van der Waals surface area contributed by atoms with E-state index in [4.69, 9.17) is 62.7 Å². The molecule has 0 aliphatic carbocycles. The molecule has 0 saturated heterocycles. The van der Waals surface area contributed by atoms with Gasteiger partial charge in [-0.15, -0.1) is 0 Å². The Balaban J connectivity index is 2.44. The molecule has 1 nitrogen and oxygen atoms in total. The molecule has 0 aliphatic rings. The van der Waals surface area contributed by atoms with Crippen molar-refractivity contribution >= 4 is 58.0 Å². The summed E-state index contributed by atoms with van der Waals surface area (Å²) in [6, 6.07) is 8.30. The Bertz CT molecular complexity index is 597. The zero-order valence-electron chi connectivity index (χ0n) is 8.68. The average Bonchev–Trinajstić information content (AvgIpc) is 2.32. The summed E-state index contributed by atoms with van der Waals surface area (Å²) in [5, 5.41) is 1.44. The summed E-state index contributed by atoms with van der Waals surface area (Å²) in [6.45, 7) is 0. The van der Waals surface area contributed by atoms with Crippen LogP contribution in [0.15, 0.2) is 30.3 Å². The van der Waals surface area contributed by atoms with Crippen molar-refractivity contribution in [3.8, 4) is 11.5 Å². The molecule has 0 radical (unpaired) electrons. The third-order valence-corrected chi connectivity index (χ3v) is 3.85. The van der Waals surface area contributed by atoms with Gasteiger partial charge < -0.3 is 4.74 Å². The van der Waals surface area contributed by atoms with Gasteiger partial charge in [0.1, 0.15) is 10.8 Å². The fraction of sp³-hybridized carbons (Fsp3) is 0. The molecule has 0 aromatic heterocycles. The van der Waals surface area contributed by atoms with Gasteiger partial charge in [-0.25, -0.2) is 0 Å². The van der Waals surface area contributed by atoms with Crippen LogP contribution in [0.25, 0.3) is 0 Å². The molecule has 0 bridgehead atoms. The van der Waals surface area contributed by atoms with Crippen molar-refractivity contribution in [1.82, 2.24) is 0 Å². The lowest BCUT2D eigenvalue weighted by Gasteiger charge is -2.11. The minimum atomic E-state index is 0.161. The molecule has 0 atom stereocenters. The third-order valence-electron chi connectivity index (χ3n) is 2.09. The van der Waals surface area contributed by atoms with Crippen molar-refractivity contribution in [3.05, 3.63) is 55.4 Å². The summed E-state index contributed by atoms with van der Waals surface area (Å²) < 4.78 is 5.57. The first kappa shape index (κ1) is 14.1. The van der Waals surface area contributed by atoms with Crippen LogP contribution in [0.1, 0.15) is 0 Å². The van der Waals surface area contributed by atoms with Gasteiger partial charge in [0, 0.05) is 5.02 Å². The first-order chi connectivity index (χ1) is 8.49. The predicted octanol–water partition coefficient (Wildman–Crippen LogP) is 6.75. The molecule has 2 rings (SSSR count).